The molecule has 1 aromatic heterocycles. The van der Waals surface area contributed by atoms with Crippen molar-refractivity contribution in [3.63, 3.8) is 0 Å². The number of amides is 3. The monoisotopic (exact) mass is 418 g/mol. The maximum Gasteiger partial charge on any atom is 0.327 e. The zero-order valence-electron chi connectivity index (χ0n) is 18.1. The highest BCUT2D eigenvalue weighted by molar-refractivity contribution is 6.07. The van der Waals surface area contributed by atoms with E-state index in [2.05, 4.69) is 34.2 Å². The number of carbonyl (C=O) groups excluding carboxylic acids is 2. The first-order chi connectivity index (χ1) is 15.1. The number of hydrogen-bond acceptors (Lipinski definition) is 4. The lowest BCUT2D eigenvalue weighted by molar-refractivity contribution is -0.135. The van der Waals surface area contributed by atoms with E-state index in [4.69, 9.17) is 0 Å². The van der Waals surface area contributed by atoms with Gasteiger partial charge < -0.3 is 4.90 Å². The number of hydrogen-bond donors (Lipinski definition) is 0. The molecule has 2 fully saturated rings. The molecule has 0 unspecified atom stereocenters. The van der Waals surface area contributed by atoms with Crippen LogP contribution in [0.2, 0.25) is 0 Å². The lowest BCUT2D eigenvalue weighted by atomic mass is 9.86. The molecule has 0 atom stereocenters. The van der Waals surface area contributed by atoms with Gasteiger partial charge in [-0.05, 0) is 48.9 Å². The number of likely N-dealkylation sites (tertiary alicyclic amines) is 1. The first-order valence-electron chi connectivity index (χ1n) is 11.0. The number of aromatic nitrogens is 1. The van der Waals surface area contributed by atoms with Crippen LogP contribution in [-0.4, -0.2) is 70.4 Å². The Kier molecular flexibility index (Phi) is 6.47. The molecule has 4 rings (SSSR count). The van der Waals surface area contributed by atoms with Gasteiger partial charge in [-0.25, -0.2) is 4.79 Å². The Morgan fingerprint density at radius 3 is 2.45 bits per heavy atom. The summed E-state index contributed by atoms with van der Waals surface area (Å²) in [7, 11) is 1.79. The molecule has 0 radical (unpaired) electrons. The van der Waals surface area contributed by atoms with Gasteiger partial charge in [-0.2, -0.15) is 0 Å². The lowest BCUT2D eigenvalue weighted by Gasteiger charge is -2.40. The second kappa shape index (κ2) is 9.43. The van der Waals surface area contributed by atoms with Crippen molar-refractivity contribution in [1.29, 1.82) is 0 Å². The third kappa shape index (κ3) is 4.54. The molecule has 3 amide bonds. The molecule has 2 aromatic rings. The van der Waals surface area contributed by atoms with Gasteiger partial charge in [-0.1, -0.05) is 42.5 Å². The molecule has 2 aliphatic heterocycles. The molecule has 2 aliphatic rings. The second-order valence-electron chi connectivity index (χ2n) is 8.40. The quantitative estimate of drug-likeness (QED) is 0.646. The van der Waals surface area contributed by atoms with Crippen molar-refractivity contribution in [2.45, 2.75) is 31.2 Å². The van der Waals surface area contributed by atoms with Crippen molar-refractivity contribution < 1.29 is 9.59 Å². The molecular formula is C25H30N4O2. The third-order valence-corrected chi connectivity index (χ3v) is 6.56. The van der Waals surface area contributed by atoms with E-state index < -0.39 is 5.54 Å². The first kappa shape index (κ1) is 21.2. The van der Waals surface area contributed by atoms with Gasteiger partial charge >= 0.3 is 6.03 Å². The van der Waals surface area contributed by atoms with E-state index in [0.717, 1.165) is 32.5 Å². The van der Waals surface area contributed by atoms with Crippen LogP contribution >= 0.6 is 0 Å². The van der Waals surface area contributed by atoms with Crippen LogP contribution in [0.5, 0.6) is 0 Å². The van der Waals surface area contributed by atoms with E-state index >= 15 is 0 Å². The van der Waals surface area contributed by atoms with Crippen LogP contribution in [0.4, 0.5) is 4.79 Å². The lowest BCUT2D eigenvalue weighted by Crippen LogP contribution is -2.55. The van der Waals surface area contributed by atoms with Crippen LogP contribution in [-0.2, 0) is 11.2 Å². The van der Waals surface area contributed by atoms with Crippen molar-refractivity contribution in [2.75, 3.05) is 33.2 Å². The summed E-state index contributed by atoms with van der Waals surface area (Å²) in [6.45, 7) is 2.95. The minimum Gasteiger partial charge on any atom is -0.312 e. The minimum atomic E-state index is -0.673. The number of rotatable bonds is 7. The molecule has 0 N–H and O–H groups in total. The van der Waals surface area contributed by atoms with Gasteiger partial charge in [-0.3, -0.25) is 19.6 Å². The summed E-state index contributed by atoms with van der Waals surface area (Å²) in [6, 6.07) is 14.0. The minimum absolute atomic E-state index is 0.0193. The highest BCUT2D eigenvalue weighted by Gasteiger charge is 2.56. The molecule has 31 heavy (non-hydrogen) atoms. The van der Waals surface area contributed by atoms with Crippen LogP contribution in [0.1, 0.15) is 30.4 Å². The smallest absolute Gasteiger partial charge is 0.312 e. The number of nitrogens with zero attached hydrogens (tertiary/aromatic N) is 4. The van der Waals surface area contributed by atoms with Gasteiger partial charge in [0.05, 0.1) is 0 Å². The average Bonchev–Trinajstić information content (AvgIpc) is 2.98. The molecule has 3 heterocycles. The van der Waals surface area contributed by atoms with Gasteiger partial charge in [0.2, 0.25) is 0 Å². The molecule has 0 aliphatic carbocycles. The number of pyridine rings is 1. The Hall–Kier alpha value is -2.99. The first-order valence-corrected chi connectivity index (χ1v) is 11.0. The average molecular weight is 419 g/mol. The Bertz CT molecular complexity index is 921. The summed E-state index contributed by atoms with van der Waals surface area (Å²) in [5, 5.41) is 0. The van der Waals surface area contributed by atoms with Crippen molar-refractivity contribution in [2.24, 2.45) is 0 Å². The van der Waals surface area contributed by atoms with Crippen LogP contribution in [0.3, 0.4) is 0 Å². The predicted molar refractivity (Wildman–Crippen MR) is 121 cm³/mol. The van der Waals surface area contributed by atoms with Crippen molar-refractivity contribution in [1.82, 2.24) is 19.7 Å². The zero-order valence-corrected chi connectivity index (χ0v) is 18.1. The number of urea groups is 1. The highest BCUT2D eigenvalue weighted by Crippen LogP contribution is 2.36. The van der Waals surface area contributed by atoms with E-state index in [-0.39, 0.29) is 11.9 Å². The fourth-order valence-electron chi connectivity index (χ4n) is 4.59. The van der Waals surface area contributed by atoms with E-state index in [1.165, 1.54) is 16.0 Å². The Balaban J connectivity index is 1.31. The Labute approximate surface area is 184 Å². The van der Waals surface area contributed by atoms with E-state index in [0.29, 0.717) is 19.4 Å². The topological polar surface area (TPSA) is 56.8 Å². The fourth-order valence-corrected chi connectivity index (χ4v) is 4.59. The molecule has 2 saturated heterocycles. The number of piperidine rings is 1. The fraction of sp³-hybridized carbons (Fsp3) is 0.400. The normalized spacial score (nSPS) is 19.1. The highest BCUT2D eigenvalue weighted by atomic mass is 16.2. The molecule has 0 saturated carbocycles. The third-order valence-electron chi connectivity index (χ3n) is 6.56. The summed E-state index contributed by atoms with van der Waals surface area (Å²) in [6.07, 6.45) is 10.8. The van der Waals surface area contributed by atoms with Crippen molar-refractivity contribution in [3.05, 3.63) is 72.1 Å². The summed E-state index contributed by atoms with van der Waals surface area (Å²) in [5.74, 6) is -0.0193. The van der Waals surface area contributed by atoms with Crippen LogP contribution in [0.25, 0.3) is 6.08 Å². The van der Waals surface area contributed by atoms with E-state index in [1.54, 1.807) is 24.3 Å². The zero-order chi connectivity index (χ0) is 21.7. The summed E-state index contributed by atoms with van der Waals surface area (Å²) in [4.78, 5) is 35.6. The maximum atomic E-state index is 13.3. The van der Waals surface area contributed by atoms with Gasteiger partial charge in [0.15, 0.2) is 0 Å². The summed E-state index contributed by atoms with van der Waals surface area (Å²) >= 11 is 0. The largest absolute Gasteiger partial charge is 0.327 e. The van der Waals surface area contributed by atoms with Crippen molar-refractivity contribution in [3.8, 4) is 0 Å². The second-order valence-corrected chi connectivity index (χ2v) is 8.40. The molecule has 1 spiro atoms. The van der Waals surface area contributed by atoms with Crippen LogP contribution < -0.4 is 0 Å². The molecule has 6 nitrogen and oxygen atoms in total. The number of benzene rings is 1. The molecule has 6 heteroatoms. The van der Waals surface area contributed by atoms with E-state index in [9.17, 15) is 9.59 Å². The number of carbonyl (C=O) groups is 2. The SMILES string of the molecule is CN1C(=O)N(CCCc2ccncc2)C(=O)C12CCN(C/C=C/c1ccccc1)CC2. The summed E-state index contributed by atoms with van der Waals surface area (Å²) < 4.78 is 0. The van der Waals surface area contributed by atoms with Crippen molar-refractivity contribution >= 4 is 18.0 Å². The van der Waals surface area contributed by atoms with Crippen LogP contribution in [0.15, 0.2) is 60.9 Å². The van der Waals surface area contributed by atoms with Crippen LogP contribution in [0, 0.1) is 0 Å². The molecule has 0 bridgehead atoms. The molecule has 1 aromatic carbocycles. The number of likely N-dealkylation sites (N-methyl/N-ethyl adjacent to an activating group) is 1. The standard InChI is InChI=1S/C25H30N4O2/c1-27-24(31)29(18-6-10-22-11-15-26-16-12-22)23(30)25(27)13-19-28(20-14-25)17-5-9-21-7-3-2-4-8-21/h2-5,7-9,11-12,15-16H,6,10,13-14,17-20H2,1H3/b9-5+. The Morgan fingerprint density at radius 2 is 1.74 bits per heavy atom. The van der Waals surface area contributed by atoms with Gasteiger partial charge in [0, 0.05) is 45.6 Å². The summed E-state index contributed by atoms with van der Waals surface area (Å²) in [5.41, 5.74) is 1.69. The molecular weight excluding hydrogens is 388 g/mol. The van der Waals surface area contributed by atoms with E-state index in [1.807, 2.05) is 30.3 Å². The van der Waals surface area contributed by atoms with Gasteiger partial charge in [0.1, 0.15) is 5.54 Å². The van der Waals surface area contributed by atoms with Gasteiger partial charge in [-0.15, -0.1) is 0 Å². The predicted octanol–water partition coefficient (Wildman–Crippen LogP) is 3.46. The van der Waals surface area contributed by atoms with Gasteiger partial charge in [0.25, 0.3) is 5.91 Å². The number of aryl methyl sites for hydroxylation is 1. The molecule has 162 valence electrons. The Morgan fingerprint density at radius 1 is 1.03 bits per heavy atom. The maximum absolute atomic E-state index is 13.3. The number of imide groups is 1.